The molecule has 0 bridgehead atoms. The van der Waals surface area contributed by atoms with Gasteiger partial charge in [0.2, 0.25) is 5.95 Å². The molecule has 0 amide bonds. The third-order valence-electron chi connectivity index (χ3n) is 2.97. The topological polar surface area (TPSA) is 50.7 Å². The molecule has 0 aliphatic rings. The van der Waals surface area contributed by atoms with Crippen LogP contribution in [0, 0.1) is 0 Å². The average Bonchev–Trinajstić information content (AvgIpc) is 3.12. The molecule has 0 radical (unpaired) electrons. The minimum absolute atomic E-state index is 0.647. The Morgan fingerprint density at radius 1 is 1.10 bits per heavy atom. The van der Waals surface area contributed by atoms with Crippen LogP contribution < -0.4 is 5.32 Å². The molecule has 4 nitrogen and oxygen atoms in total. The molecule has 0 spiro atoms. The summed E-state index contributed by atoms with van der Waals surface area (Å²) < 4.78 is 2.20. The van der Waals surface area contributed by atoms with Crippen molar-refractivity contribution in [2.24, 2.45) is 0 Å². The zero-order chi connectivity index (χ0) is 14.2. The maximum absolute atomic E-state index is 4.66. The van der Waals surface area contributed by atoms with E-state index in [9.17, 15) is 0 Å². The Morgan fingerprint density at radius 2 is 2.00 bits per heavy atom. The van der Waals surface area contributed by atoms with Gasteiger partial charge in [0.15, 0.2) is 4.34 Å². The number of benzene rings is 1. The summed E-state index contributed by atoms with van der Waals surface area (Å²) in [6, 6.07) is 10.2. The first kappa shape index (κ1) is 13.0. The second-order valence-corrected chi connectivity index (χ2v) is 7.45. The molecule has 0 atom stereocenters. The Bertz CT molecular complexity index is 895. The summed E-state index contributed by atoms with van der Waals surface area (Å²) >= 11 is 4.92. The SMILES string of the molecule is CNc1nc(Sc2nc3ccccc3s2)c2ccsc2n1. The Hall–Kier alpha value is -1.70. The van der Waals surface area contributed by atoms with Gasteiger partial charge in [-0.2, -0.15) is 0 Å². The number of fused-ring (bicyclic) bond motifs is 2. The molecule has 4 rings (SSSR count). The number of para-hydroxylation sites is 1. The Labute approximate surface area is 133 Å². The quantitative estimate of drug-likeness (QED) is 0.561. The van der Waals surface area contributed by atoms with Gasteiger partial charge >= 0.3 is 0 Å². The van der Waals surface area contributed by atoms with Gasteiger partial charge in [-0.3, -0.25) is 0 Å². The van der Waals surface area contributed by atoms with Crippen LogP contribution in [0.5, 0.6) is 0 Å². The van der Waals surface area contributed by atoms with E-state index in [2.05, 4.69) is 32.4 Å². The molecule has 21 heavy (non-hydrogen) atoms. The maximum atomic E-state index is 4.66. The number of nitrogens with one attached hydrogen (secondary N) is 1. The lowest BCUT2D eigenvalue weighted by Crippen LogP contribution is -1.96. The maximum Gasteiger partial charge on any atom is 0.224 e. The van der Waals surface area contributed by atoms with Crippen LogP contribution in [-0.4, -0.2) is 22.0 Å². The van der Waals surface area contributed by atoms with Crippen LogP contribution in [0.25, 0.3) is 20.4 Å². The third kappa shape index (κ3) is 2.37. The fourth-order valence-electron chi connectivity index (χ4n) is 2.00. The summed E-state index contributed by atoms with van der Waals surface area (Å²) in [6.45, 7) is 0. The van der Waals surface area contributed by atoms with Crippen LogP contribution in [-0.2, 0) is 0 Å². The smallest absolute Gasteiger partial charge is 0.224 e. The van der Waals surface area contributed by atoms with Gasteiger partial charge in [-0.05, 0) is 35.3 Å². The predicted octanol–water partition coefficient (Wildman–Crippen LogP) is 4.49. The number of hydrogen-bond acceptors (Lipinski definition) is 7. The highest BCUT2D eigenvalue weighted by Crippen LogP contribution is 2.37. The number of aromatic nitrogens is 3. The number of nitrogens with zero attached hydrogens (tertiary/aromatic N) is 3. The molecule has 0 saturated carbocycles. The highest BCUT2D eigenvalue weighted by atomic mass is 32.2. The molecule has 1 aromatic carbocycles. The first-order valence-corrected chi connectivity index (χ1v) is 8.81. The fourth-order valence-corrected chi connectivity index (χ4v) is 4.91. The molecule has 7 heteroatoms. The molecular weight excluding hydrogens is 320 g/mol. The van der Waals surface area contributed by atoms with E-state index in [1.54, 1.807) is 34.4 Å². The summed E-state index contributed by atoms with van der Waals surface area (Å²) in [5, 5.41) is 7.09. The Balaban J connectivity index is 1.80. The van der Waals surface area contributed by atoms with Crippen molar-refractivity contribution >= 4 is 60.8 Å². The van der Waals surface area contributed by atoms with E-state index in [0.717, 1.165) is 25.1 Å². The largest absolute Gasteiger partial charge is 0.357 e. The minimum atomic E-state index is 0.647. The summed E-state index contributed by atoms with van der Waals surface area (Å²) in [5.41, 5.74) is 1.04. The average molecular weight is 330 g/mol. The summed E-state index contributed by atoms with van der Waals surface area (Å²) in [4.78, 5) is 14.7. The molecule has 1 N–H and O–H groups in total. The summed E-state index contributed by atoms with van der Waals surface area (Å²) in [7, 11) is 1.83. The van der Waals surface area contributed by atoms with Gasteiger partial charge in [0.25, 0.3) is 0 Å². The summed E-state index contributed by atoms with van der Waals surface area (Å²) in [5.74, 6) is 0.647. The van der Waals surface area contributed by atoms with E-state index in [4.69, 9.17) is 0 Å². The molecule has 0 unspecified atom stereocenters. The molecule has 0 aliphatic carbocycles. The van der Waals surface area contributed by atoms with Crippen molar-refractivity contribution < 1.29 is 0 Å². The molecule has 0 saturated heterocycles. The van der Waals surface area contributed by atoms with Crippen molar-refractivity contribution in [2.75, 3.05) is 12.4 Å². The highest BCUT2D eigenvalue weighted by molar-refractivity contribution is 8.01. The molecule has 4 aromatic rings. The van der Waals surface area contributed by atoms with Gasteiger partial charge in [-0.1, -0.05) is 12.1 Å². The predicted molar refractivity (Wildman–Crippen MR) is 90.7 cm³/mol. The van der Waals surface area contributed by atoms with Gasteiger partial charge in [-0.15, -0.1) is 22.7 Å². The second-order valence-electron chi connectivity index (χ2n) is 4.29. The number of thiophene rings is 1. The van der Waals surface area contributed by atoms with Crippen LogP contribution in [0.2, 0.25) is 0 Å². The monoisotopic (exact) mass is 330 g/mol. The molecule has 104 valence electrons. The van der Waals surface area contributed by atoms with Crippen molar-refractivity contribution in [2.45, 2.75) is 9.37 Å². The van der Waals surface area contributed by atoms with Crippen molar-refractivity contribution in [3.63, 3.8) is 0 Å². The first-order valence-electron chi connectivity index (χ1n) is 6.30. The molecular formula is C14H10N4S3. The van der Waals surface area contributed by atoms with Gasteiger partial charge < -0.3 is 5.32 Å². The lowest BCUT2D eigenvalue weighted by molar-refractivity contribution is 1.10. The van der Waals surface area contributed by atoms with Gasteiger partial charge in [0, 0.05) is 12.4 Å². The van der Waals surface area contributed by atoms with Crippen molar-refractivity contribution in [3.05, 3.63) is 35.7 Å². The number of hydrogen-bond donors (Lipinski definition) is 1. The molecule has 3 aromatic heterocycles. The van der Waals surface area contributed by atoms with E-state index >= 15 is 0 Å². The first-order chi connectivity index (χ1) is 10.3. The van der Waals surface area contributed by atoms with Crippen LogP contribution in [0.3, 0.4) is 0 Å². The number of anilines is 1. The Kier molecular flexibility index (Phi) is 3.25. The zero-order valence-electron chi connectivity index (χ0n) is 11.0. The fraction of sp³-hybridized carbons (Fsp3) is 0.0714. The molecule has 0 aliphatic heterocycles. The van der Waals surface area contributed by atoms with E-state index in [-0.39, 0.29) is 0 Å². The van der Waals surface area contributed by atoms with Crippen molar-refractivity contribution in [1.82, 2.24) is 15.0 Å². The lowest BCUT2D eigenvalue weighted by Gasteiger charge is -2.03. The van der Waals surface area contributed by atoms with Crippen LogP contribution >= 0.6 is 34.4 Å². The van der Waals surface area contributed by atoms with Gasteiger partial charge in [0.1, 0.15) is 9.86 Å². The molecule has 0 fully saturated rings. The highest BCUT2D eigenvalue weighted by Gasteiger charge is 2.12. The van der Waals surface area contributed by atoms with E-state index in [0.29, 0.717) is 5.95 Å². The zero-order valence-corrected chi connectivity index (χ0v) is 13.5. The Morgan fingerprint density at radius 3 is 2.86 bits per heavy atom. The third-order valence-corrected chi connectivity index (χ3v) is 5.88. The van der Waals surface area contributed by atoms with Gasteiger partial charge in [-0.25, -0.2) is 15.0 Å². The number of thiazole rings is 1. The van der Waals surface area contributed by atoms with E-state index < -0.39 is 0 Å². The normalized spacial score (nSPS) is 11.3. The van der Waals surface area contributed by atoms with Crippen molar-refractivity contribution in [3.8, 4) is 0 Å². The van der Waals surface area contributed by atoms with Crippen LogP contribution in [0.15, 0.2) is 45.1 Å². The minimum Gasteiger partial charge on any atom is -0.357 e. The standard InChI is InChI=1S/C14H10N4S3/c1-15-13-17-11-8(6-7-19-11)12(18-13)21-14-16-9-4-2-3-5-10(9)20-14/h2-7H,1H3,(H,15,17,18). The van der Waals surface area contributed by atoms with Crippen LogP contribution in [0.1, 0.15) is 0 Å². The van der Waals surface area contributed by atoms with Gasteiger partial charge in [0.05, 0.1) is 10.2 Å². The summed E-state index contributed by atoms with van der Waals surface area (Å²) in [6.07, 6.45) is 0. The van der Waals surface area contributed by atoms with E-state index in [1.165, 1.54) is 4.70 Å². The second kappa shape index (κ2) is 5.25. The van der Waals surface area contributed by atoms with Crippen molar-refractivity contribution in [1.29, 1.82) is 0 Å². The van der Waals surface area contributed by atoms with Crippen LogP contribution in [0.4, 0.5) is 5.95 Å². The number of rotatable bonds is 3. The van der Waals surface area contributed by atoms with E-state index in [1.807, 2.05) is 30.6 Å². The molecule has 3 heterocycles. The lowest BCUT2D eigenvalue weighted by atomic mass is 10.3.